The van der Waals surface area contributed by atoms with Crippen molar-refractivity contribution in [2.75, 3.05) is 36.9 Å². The molecule has 1 atom stereocenters. The van der Waals surface area contributed by atoms with E-state index in [2.05, 4.69) is 25.2 Å². The zero-order valence-electron chi connectivity index (χ0n) is 25.1. The molecule has 2 aromatic heterocycles. The molecule has 0 saturated carbocycles. The van der Waals surface area contributed by atoms with Crippen molar-refractivity contribution in [1.29, 1.82) is 0 Å². The average molecular weight is 659 g/mol. The Morgan fingerprint density at radius 3 is 2.72 bits per heavy atom. The van der Waals surface area contributed by atoms with Gasteiger partial charge in [0.05, 0.1) is 36.3 Å². The number of ether oxygens (including phenoxy) is 1. The number of rotatable bonds is 11. The van der Waals surface area contributed by atoms with Crippen molar-refractivity contribution < 1.29 is 18.6 Å². The molecule has 1 unspecified atom stereocenters. The molecule has 6 rings (SSSR count). The van der Waals surface area contributed by atoms with Crippen molar-refractivity contribution in [3.8, 4) is 11.4 Å². The lowest BCUT2D eigenvalue weighted by Crippen LogP contribution is -2.34. The van der Waals surface area contributed by atoms with Crippen LogP contribution in [-0.4, -0.2) is 53.6 Å². The Labute approximate surface area is 272 Å². The number of para-hydroxylation sites is 1. The second kappa shape index (κ2) is 13.7. The van der Waals surface area contributed by atoms with Gasteiger partial charge in [0.1, 0.15) is 40.8 Å². The molecule has 0 saturated heterocycles. The summed E-state index contributed by atoms with van der Waals surface area (Å²) in [7, 11) is 0. The van der Waals surface area contributed by atoms with E-state index in [1.54, 1.807) is 4.57 Å². The van der Waals surface area contributed by atoms with E-state index in [-0.39, 0.29) is 30.9 Å². The molecule has 47 heavy (non-hydrogen) atoms. The molecule has 0 fully saturated rings. The molecule has 6 N–H and O–H groups in total. The number of halogens is 2. The van der Waals surface area contributed by atoms with Crippen LogP contribution in [0, 0.1) is 11.6 Å². The molecule has 0 bridgehead atoms. The Balaban J connectivity index is 1.24. The number of hydrogen-bond acceptors (Lipinski definition) is 9. The maximum atomic E-state index is 14.7. The lowest BCUT2D eigenvalue weighted by atomic mass is 9.90. The summed E-state index contributed by atoms with van der Waals surface area (Å²) in [4.78, 5) is 29.1. The summed E-state index contributed by atoms with van der Waals surface area (Å²) in [5, 5.41) is 14.7. The number of benzene rings is 3. The highest BCUT2D eigenvalue weighted by Gasteiger charge is 2.32. The Morgan fingerprint density at radius 1 is 1.11 bits per heavy atom. The van der Waals surface area contributed by atoms with Gasteiger partial charge in [0.2, 0.25) is 0 Å². The predicted molar refractivity (Wildman–Crippen MR) is 181 cm³/mol. The zero-order valence-corrected chi connectivity index (χ0v) is 26.0. The largest absolute Gasteiger partial charge is 0.490 e. The molecule has 3 aromatic carbocycles. The quantitative estimate of drug-likeness (QED) is 0.0934. The maximum absolute atomic E-state index is 14.7. The Morgan fingerprint density at radius 2 is 1.94 bits per heavy atom. The first-order valence-electron chi connectivity index (χ1n) is 14.8. The van der Waals surface area contributed by atoms with Gasteiger partial charge in [-0.15, -0.1) is 11.3 Å². The highest BCUT2D eigenvalue weighted by Crippen LogP contribution is 2.38. The Hall–Kier alpha value is -5.18. The molecule has 242 valence electrons. The zero-order chi connectivity index (χ0) is 33.0. The van der Waals surface area contributed by atoms with Gasteiger partial charge in [-0.3, -0.25) is 14.4 Å². The molecule has 0 spiro atoms. The van der Waals surface area contributed by atoms with Crippen molar-refractivity contribution in [2.24, 2.45) is 15.7 Å². The van der Waals surface area contributed by atoms with Gasteiger partial charge in [-0.2, -0.15) is 0 Å². The minimum Gasteiger partial charge on any atom is -0.490 e. The Bertz CT molecular complexity index is 2020. The molecule has 1 aliphatic rings. The van der Waals surface area contributed by atoms with Gasteiger partial charge in [-0.05, 0) is 55.4 Å². The van der Waals surface area contributed by atoms with Crippen molar-refractivity contribution in [3.63, 3.8) is 0 Å². The number of nitrogen functional groups attached to an aromatic ring is 1. The van der Waals surface area contributed by atoms with E-state index >= 15 is 0 Å². The van der Waals surface area contributed by atoms with E-state index in [0.717, 1.165) is 41.1 Å². The number of aliphatic imine (C=N–C) groups is 2. The lowest BCUT2D eigenvalue weighted by Gasteiger charge is -2.31. The van der Waals surface area contributed by atoms with Crippen LogP contribution in [0.25, 0.3) is 16.0 Å². The number of nitrogens with zero attached hydrogens (tertiary/aromatic N) is 5. The summed E-state index contributed by atoms with van der Waals surface area (Å²) in [6.07, 6.45) is 2.24. The van der Waals surface area contributed by atoms with Gasteiger partial charge < -0.3 is 31.5 Å². The molecular weight excluding hydrogens is 626 g/mol. The lowest BCUT2D eigenvalue weighted by molar-refractivity contribution is 0.0339. The van der Waals surface area contributed by atoms with Gasteiger partial charge in [-0.1, -0.05) is 24.3 Å². The van der Waals surface area contributed by atoms with Gasteiger partial charge in [0.15, 0.2) is 5.82 Å². The van der Waals surface area contributed by atoms with Crippen LogP contribution in [0.15, 0.2) is 87.6 Å². The first-order chi connectivity index (χ1) is 22.8. The summed E-state index contributed by atoms with van der Waals surface area (Å²) < 4.78 is 35.7. The molecule has 1 aliphatic heterocycles. The third kappa shape index (κ3) is 6.70. The number of hydrogen-bond donors (Lipinski definition) is 4. The SMILES string of the molecule is NC=NC=NCC(O)(CCNCc1cc2c(nc(N)c(=O)n2-c2ccc3c(c2)N(c2ccccc2)CCO3)s1)c1ccc(F)cc1F. The smallest absolute Gasteiger partial charge is 0.298 e. The molecule has 3 heterocycles. The van der Waals surface area contributed by atoms with E-state index in [4.69, 9.17) is 16.2 Å². The highest BCUT2D eigenvalue weighted by molar-refractivity contribution is 7.18. The van der Waals surface area contributed by atoms with E-state index in [0.29, 0.717) is 41.5 Å². The van der Waals surface area contributed by atoms with Crippen LogP contribution in [0.5, 0.6) is 5.75 Å². The average Bonchev–Trinajstić information content (AvgIpc) is 3.47. The van der Waals surface area contributed by atoms with E-state index in [9.17, 15) is 18.7 Å². The van der Waals surface area contributed by atoms with Crippen LogP contribution < -0.4 is 32.0 Å². The fourth-order valence-electron chi connectivity index (χ4n) is 5.56. The van der Waals surface area contributed by atoms with E-state index in [1.807, 2.05) is 54.6 Å². The summed E-state index contributed by atoms with van der Waals surface area (Å²) in [6, 6.07) is 20.4. The minimum atomic E-state index is -1.74. The minimum absolute atomic E-state index is 0.0507. The van der Waals surface area contributed by atoms with Crippen LogP contribution in [0.3, 0.4) is 0 Å². The van der Waals surface area contributed by atoms with E-state index < -0.39 is 22.8 Å². The molecule has 14 heteroatoms. The summed E-state index contributed by atoms with van der Waals surface area (Å²) in [6.45, 7) is 1.56. The number of thiophene rings is 1. The summed E-state index contributed by atoms with van der Waals surface area (Å²) in [5.74, 6) is -1.04. The van der Waals surface area contributed by atoms with Crippen molar-refractivity contribution >= 4 is 51.6 Å². The first-order valence-corrected chi connectivity index (χ1v) is 15.6. The summed E-state index contributed by atoms with van der Waals surface area (Å²) >= 11 is 1.37. The topological polar surface area (TPSA) is 156 Å². The number of fused-ring (bicyclic) bond motifs is 2. The van der Waals surface area contributed by atoms with Crippen LogP contribution >= 0.6 is 11.3 Å². The normalized spacial score (nSPS) is 14.5. The fraction of sp³-hybridized carbons (Fsp3) is 0.212. The molecular formula is C33H32F2N8O3S. The highest BCUT2D eigenvalue weighted by atomic mass is 32.1. The molecule has 5 aromatic rings. The maximum Gasteiger partial charge on any atom is 0.298 e. The fourth-order valence-corrected chi connectivity index (χ4v) is 6.55. The number of aromatic nitrogens is 2. The number of nitrogens with one attached hydrogen (secondary N) is 1. The third-order valence-electron chi connectivity index (χ3n) is 7.80. The number of nitrogens with two attached hydrogens (primary N) is 2. The monoisotopic (exact) mass is 658 g/mol. The number of anilines is 3. The van der Waals surface area contributed by atoms with Gasteiger partial charge >= 0.3 is 0 Å². The molecule has 11 nitrogen and oxygen atoms in total. The standard InChI is InChI=1S/C33H32F2N8O3S/c34-21-6-8-25(26(35)14-21)33(45,18-39-20-40-19-36)10-11-38-17-24-16-28-31(47-24)41-30(37)32(44)43(28)23-7-9-29-27(15-23)42(12-13-46-29)22-4-2-1-3-5-22/h1-9,14-16,19-20,38,45H,10-13,17-18H2,(H2,37,41)(H2,36,39,40). The van der Waals surface area contributed by atoms with Crippen LogP contribution in [0.2, 0.25) is 0 Å². The van der Waals surface area contributed by atoms with Crippen molar-refractivity contribution in [1.82, 2.24) is 14.9 Å². The van der Waals surface area contributed by atoms with Crippen molar-refractivity contribution in [2.45, 2.75) is 18.6 Å². The summed E-state index contributed by atoms with van der Waals surface area (Å²) in [5.41, 5.74) is 12.1. The van der Waals surface area contributed by atoms with Gasteiger partial charge in [0, 0.05) is 28.7 Å². The van der Waals surface area contributed by atoms with Crippen molar-refractivity contribution in [3.05, 3.63) is 105 Å². The van der Waals surface area contributed by atoms with Crippen LogP contribution in [-0.2, 0) is 12.1 Å². The van der Waals surface area contributed by atoms with Crippen LogP contribution in [0.1, 0.15) is 16.9 Å². The van der Waals surface area contributed by atoms with Gasteiger partial charge in [0.25, 0.3) is 5.56 Å². The van der Waals surface area contributed by atoms with Gasteiger partial charge in [-0.25, -0.2) is 18.8 Å². The first kappa shape index (κ1) is 31.8. The second-order valence-corrected chi connectivity index (χ2v) is 12.0. The Kier molecular flexibility index (Phi) is 9.24. The molecule has 0 amide bonds. The van der Waals surface area contributed by atoms with E-state index in [1.165, 1.54) is 17.4 Å². The molecule has 0 aliphatic carbocycles. The number of aliphatic hydroxyl groups is 1. The predicted octanol–water partition coefficient (Wildman–Crippen LogP) is 4.22. The molecule has 0 radical (unpaired) electrons. The second-order valence-electron chi connectivity index (χ2n) is 10.9. The third-order valence-corrected chi connectivity index (χ3v) is 8.81. The van der Waals surface area contributed by atoms with Crippen LogP contribution in [0.4, 0.5) is 26.0 Å².